The summed E-state index contributed by atoms with van der Waals surface area (Å²) in [6, 6.07) is 0. The summed E-state index contributed by atoms with van der Waals surface area (Å²) >= 11 is -2.36. The van der Waals surface area contributed by atoms with Crippen molar-refractivity contribution in [3.8, 4) is 0 Å². The van der Waals surface area contributed by atoms with Gasteiger partial charge in [0, 0.05) is 0 Å². The van der Waals surface area contributed by atoms with E-state index in [1.54, 1.807) is 0 Å². The summed E-state index contributed by atoms with van der Waals surface area (Å²) in [6.07, 6.45) is -1.10. The molecule has 0 atom stereocenters. The van der Waals surface area contributed by atoms with Gasteiger partial charge in [0.2, 0.25) is 0 Å². The summed E-state index contributed by atoms with van der Waals surface area (Å²) in [5.41, 5.74) is 0. The van der Waals surface area contributed by atoms with Gasteiger partial charge < -0.3 is 0 Å². The standard InChI is InChI=1S/2C3H7.C2H2F2O2.Sn.H/c2*1-3-2;3-1(4)2(5)6;;/h2*1,3H2,2H3;1H,(H,5,6);;/q;;;+1;/p-1. The summed E-state index contributed by atoms with van der Waals surface area (Å²) < 4.78 is 30.2. The van der Waals surface area contributed by atoms with Gasteiger partial charge in [-0.2, -0.15) is 0 Å². The maximum atomic E-state index is 11.8. The maximum absolute atomic E-state index is 11.8. The van der Waals surface area contributed by atoms with Gasteiger partial charge in [-0.25, -0.2) is 0 Å². The molecule has 0 N–H and O–H groups in total. The van der Waals surface area contributed by atoms with Crippen molar-refractivity contribution in [2.75, 3.05) is 0 Å². The van der Waals surface area contributed by atoms with Crippen LogP contribution in [0.3, 0.4) is 0 Å². The normalized spacial score (nSPS) is 10.9. The van der Waals surface area contributed by atoms with E-state index < -0.39 is 32.6 Å². The number of carbonyl (C=O) groups is 1. The first kappa shape index (κ1) is 13.1. The quantitative estimate of drug-likeness (QED) is 0.704. The number of rotatable bonds is 6. The molecule has 2 nitrogen and oxygen atoms in total. The van der Waals surface area contributed by atoms with Gasteiger partial charge in [-0.3, -0.25) is 0 Å². The van der Waals surface area contributed by atoms with Crippen LogP contribution in [0, 0.1) is 0 Å². The van der Waals surface area contributed by atoms with Gasteiger partial charge in [0.1, 0.15) is 0 Å². The van der Waals surface area contributed by atoms with Crippen molar-refractivity contribution in [1.29, 1.82) is 0 Å². The second-order valence-electron chi connectivity index (χ2n) is 2.94. The summed E-state index contributed by atoms with van der Waals surface area (Å²) in [5, 5.41) is 0. The molecule has 5 heteroatoms. The Morgan fingerprint density at radius 3 is 2.08 bits per heavy atom. The Labute approximate surface area is 84.9 Å². The Balaban J connectivity index is 3.86. The zero-order valence-electron chi connectivity index (χ0n) is 8.06. The van der Waals surface area contributed by atoms with E-state index in [4.69, 9.17) is 3.07 Å². The van der Waals surface area contributed by atoms with E-state index in [2.05, 4.69) is 0 Å². The average molecular weight is 301 g/mol. The molecule has 78 valence electrons. The molecule has 0 saturated heterocycles. The Hall–Kier alpha value is 0.129. The fraction of sp³-hybridized carbons (Fsp3) is 0.875. The topological polar surface area (TPSA) is 26.3 Å². The van der Waals surface area contributed by atoms with E-state index in [1.165, 1.54) is 0 Å². The van der Waals surface area contributed by atoms with Gasteiger partial charge in [0.25, 0.3) is 0 Å². The summed E-state index contributed by atoms with van der Waals surface area (Å²) in [6.45, 7) is 3.96. The molecule has 0 unspecified atom stereocenters. The first-order chi connectivity index (χ1) is 6.11. The molecule has 0 radical (unpaired) electrons. The van der Waals surface area contributed by atoms with Crippen molar-refractivity contribution in [1.82, 2.24) is 0 Å². The van der Waals surface area contributed by atoms with Crippen LogP contribution < -0.4 is 0 Å². The molecule has 0 bridgehead atoms. The predicted molar refractivity (Wildman–Crippen MR) is 49.4 cm³/mol. The second kappa shape index (κ2) is 7.52. The fourth-order valence-corrected chi connectivity index (χ4v) is 7.53. The minimum absolute atomic E-state index is 0.869. The number of halogens is 2. The molecule has 0 amide bonds. The minimum atomic E-state index is -2.95. The van der Waals surface area contributed by atoms with Crippen LogP contribution in [0.2, 0.25) is 8.87 Å². The molecule has 0 aliphatic rings. The van der Waals surface area contributed by atoms with Crippen molar-refractivity contribution < 1.29 is 16.6 Å². The van der Waals surface area contributed by atoms with Gasteiger partial charge in [-0.1, -0.05) is 0 Å². The van der Waals surface area contributed by atoms with Gasteiger partial charge in [0.05, 0.1) is 0 Å². The zero-order valence-corrected chi connectivity index (χ0v) is 11.4. The van der Waals surface area contributed by atoms with Gasteiger partial charge >= 0.3 is 84.8 Å². The van der Waals surface area contributed by atoms with Crippen molar-refractivity contribution in [3.63, 3.8) is 0 Å². The SMILES string of the molecule is CC[CH2][SnH]([CH2]CC)[O]C(=O)C(F)F. The molecule has 0 rings (SSSR count). The first-order valence-electron chi connectivity index (χ1n) is 4.60. The Morgan fingerprint density at radius 1 is 1.31 bits per heavy atom. The van der Waals surface area contributed by atoms with Crippen LogP contribution in [-0.2, 0) is 7.87 Å². The molecule has 0 aliphatic carbocycles. The third-order valence-corrected chi connectivity index (χ3v) is 10.3. The second-order valence-corrected chi connectivity index (χ2v) is 10.5. The molecule has 0 heterocycles. The van der Waals surface area contributed by atoms with Crippen LogP contribution >= 0.6 is 0 Å². The van der Waals surface area contributed by atoms with E-state index in [-0.39, 0.29) is 0 Å². The zero-order chi connectivity index (χ0) is 10.3. The molecule has 13 heavy (non-hydrogen) atoms. The first-order valence-corrected chi connectivity index (χ1v) is 10.6. The third-order valence-electron chi connectivity index (χ3n) is 1.68. The summed E-state index contributed by atoms with van der Waals surface area (Å²) in [4.78, 5) is 10.6. The fourth-order valence-electron chi connectivity index (χ4n) is 1.12. The van der Waals surface area contributed by atoms with Gasteiger partial charge in [-0.15, -0.1) is 0 Å². The van der Waals surface area contributed by atoms with Crippen LogP contribution in [-0.4, -0.2) is 32.6 Å². The molecule has 0 aromatic heterocycles. The van der Waals surface area contributed by atoms with Crippen LogP contribution in [0.5, 0.6) is 0 Å². The summed E-state index contributed by atoms with van der Waals surface area (Å²) in [7, 11) is 0. The number of hydrogen-bond acceptors (Lipinski definition) is 2. The number of carbonyl (C=O) groups excluding carboxylic acids is 1. The van der Waals surface area contributed by atoms with Crippen molar-refractivity contribution in [2.24, 2.45) is 0 Å². The average Bonchev–Trinajstić information content (AvgIpc) is 2.05. The van der Waals surface area contributed by atoms with Crippen molar-refractivity contribution in [3.05, 3.63) is 0 Å². The van der Waals surface area contributed by atoms with Crippen LogP contribution in [0.15, 0.2) is 0 Å². The predicted octanol–water partition coefficient (Wildman–Crippen LogP) is 2.34. The summed E-state index contributed by atoms with van der Waals surface area (Å²) in [5.74, 6) is -1.30. The Morgan fingerprint density at radius 2 is 1.77 bits per heavy atom. The molecule has 0 spiro atoms. The van der Waals surface area contributed by atoms with Crippen LogP contribution in [0.1, 0.15) is 26.7 Å². The monoisotopic (exact) mass is 302 g/mol. The Kier molecular flexibility index (Phi) is 7.60. The molecule has 0 aromatic carbocycles. The molecule has 0 saturated carbocycles. The van der Waals surface area contributed by atoms with Gasteiger partial charge in [-0.05, 0) is 0 Å². The molecular formula is C8H16F2O2Sn. The Bertz CT molecular complexity index is 147. The van der Waals surface area contributed by atoms with E-state index in [9.17, 15) is 13.6 Å². The number of alkyl halides is 2. The molecule has 0 fully saturated rings. The molecule has 0 aliphatic heterocycles. The van der Waals surface area contributed by atoms with E-state index in [1.807, 2.05) is 13.8 Å². The molecule has 0 aromatic rings. The van der Waals surface area contributed by atoms with Crippen molar-refractivity contribution in [2.45, 2.75) is 42.0 Å². The van der Waals surface area contributed by atoms with Crippen LogP contribution in [0.25, 0.3) is 0 Å². The van der Waals surface area contributed by atoms with Crippen LogP contribution in [0.4, 0.5) is 8.78 Å². The van der Waals surface area contributed by atoms with E-state index in [0.717, 1.165) is 21.7 Å². The third kappa shape index (κ3) is 6.23. The molecular weight excluding hydrogens is 285 g/mol. The van der Waals surface area contributed by atoms with Crippen molar-refractivity contribution >= 4 is 26.1 Å². The number of hydrogen-bond donors (Lipinski definition) is 0. The van der Waals surface area contributed by atoms with Gasteiger partial charge in [0.15, 0.2) is 0 Å². The van der Waals surface area contributed by atoms with E-state index >= 15 is 0 Å². The van der Waals surface area contributed by atoms with E-state index in [0.29, 0.717) is 0 Å².